The van der Waals surface area contributed by atoms with Crippen molar-refractivity contribution in [2.45, 2.75) is 39.0 Å². The molecule has 5 nitrogen and oxygen atoms in total. The number of halogens is 1. The molecule has 1 aromatic carbocycles. The van der Waals surface area contributed by atoms with E-state index < -0.39 is 0 Å². The van der Waals surface area contributed by atoms with Crippen molar-refractivity contribution in [3.63, 3.8) is 0 Å². The molecule has 0 radical (unpaired) electrons. The summed E-state index contributed by atoms with van der Waals surface area (Å²) in [5.41, 5.74) is 2.21. The summed E-state index contributed by atoms with van der Waals surface area (Å²) in [6.45, 7) is 5.89. The normalized spacial score (nSPS) is 18.7. The Labute approximate surface area is 159 Å². The van der Waals surface area contributed by atoms with Crippen LogP contribution in [0.2, 0.25) is 0 Å². The third kappa shape index (κ3) is 3.99. The third-order valence-corrected chi connectivity index (χ3v) is 5.76. The van der Waals surface area contributed by atoms with Crippen LogP contribution in [0, 0.1) is 11.2 Å². The van der Waals surface area contributed by atoms with E-state index in [2.05, 4.69) is 22.1 Å². The Kier molecular flexibility index (Phi) is 5.14. The van der Waals surface area contributed by atoms with Crippen LogP contribution in [0.3, 0.4) is 0 Å². The van der Waals surface area contributed by atoms with Gasteiger partial charge < -0.3 is 14.6 Å². The molecule has 2 aliphatic rings. The number of hydrogen-bond acceptors (Lipinski definition) is 3. The van der Waals surface area contributed by atoms with Crippen molar-refractivity contribution in [2.75, 3.05) is 26.2 Å². The van der Waals surface area contributed by atoms with E-state index in [9.17, 15) is 4.39 Å². The molecule has 144 valence electrons. The second-order valence-electron chi connectivity index (χ2n) is 7.66. The number of rotatable bonds is 5. The molecule has 27 heavy (non-hydrogen) atoms. The van der Waals surface area contributed by atoms with Gasteiger partial charge in [-0.15, -0.1) is 0 Å². The predicted octanol–water partition coefficient (Wildman–Crippen LogP) is 3.86. The maximum Gasteiger partial charge on any atom is 0.226 e. The van der Waals surface area contributed by atoms with Crippen LogP contribution in [0.25, 0.3) is 11.5 Å². The maximum absolute atomic E-state index is 13.0. The van der Waals surface area contributed by atoms with Crippen molar-refractivity contribution >= 4 is 5.96 Å². The van der Waals surface area contributed by atoms with Gasteiger partial charge >= 0.3 is 0 Å². The summed E-state index contributed by atoms with van der Waals surface area (Å²) in [5, 5.41) is 3.43. The number of benzene rings is 1. The number of oxazole rings is 1. The fourth-order valence-corrected chi connectivity index (χ4v) is 4.05. The van der Waals surface area contributed by atoms with E-state index in [-0.39, 0.29) is 5.82 Å². The van der Waals surface area contributed by atoms with Crippen molar-refractivity contribution in [2.24, 2.45) is 10.4 Å². The Morgan fingerprint density at radius 1 is 1.30 bits per heavy atom. The van der Waals surface area contributed by atoms with Crippen LogP contribution in [0.15, 0.2) is 39.9 Å². The second-order valence-corrected chi connectivity index (χ2v) is 7.66. The largest absolute Gasteiger partial charge is 0.444 e. The molecule has 0 atom stereocenters. The van der Waals surface area contributed by atoms with Crippen LogP contribution >= 0.6 is 0 Å². The lowest BCUT2D eigenvalue weighted by molar-refractivity contribution is 0.151. The van der Waals surface area contributed by atoms with Gasteiger partial charge in [0, 0.05) is 38.2 Å². The molecular formula is C21H27FN4O. The highest BCUT2D eigenvalue weighted by Gasteiger charge is 2.43. The summed E-state index contributed by atoms with van der Waals surface area (Å²) in [5.74, 6) is 1.28. The molecule has 1 aliphatic heterocycles. The summed E-state index contributed by atoms with van der Waals surface area (Å²) in [6.07, 6.45) is 7.80. The van der Waals surface area contributed by atoms with Gasteiger partial charge in [-0.2, -0.15) is 0 Å². The Morgan fingerprint density at radius 3 is 2.78 bits per heavy atom. The van der Waals surface area contributed by atoms with Gasteiger partial charge in [0.25, 0.3) is 0 Å². The molecule has 0 amide bonds. The molecule has 2 aromatic rings. The van der Waals surface area contributed by atoms with Gasteiger partial charge in [-0.25, -0.2) is 9.37 Å². The van der Waals surface area contributed by atoms with Gasteiger partial charge in [0.05, 0.1) is 5.69 Å². The smallest absolute Gasteiger partial charge is 0.226 e. The van der Waals surface area contributed by atoms with Crippen LogP contribution in [0.4, 0.5) is 4.39 Å². The number of nitrogens with zero attached hydrogens (tertiary/aromatic N) is 3. The van der Waals surface area contributed by atoms with Crippen LogP contribution in [0.5, 0.6) is 0 Å². The maximum atomic E-state index is 13.0. The number of nitrogens with one attached hydrogen (secondary N) is 1. The molecule has 0 bridgehead atoms. The zero-order valence-corrected chi connectivity index (χ0v) is 15.9. The summed E-state index contributed by atoms with van der Waals surface area (Å²) >= 11 is 0. The zero-order valence-electron chi connectivity index (χ0n) is 15.9. The first-order valence-electron chi connectivity index (χ1n) is 9.91. The first kappa shape index (κ1) is 18.0. The van der Waals surface area contributed by atoms with Crippen LogP contribution in [0.1, 0.15) is 38.3 Å². The fraction of sp³-hybridized carbons (Fsp3) is 0.524. The molecule has 1 N–H and O–H groups in total. The number of hydrogen-bond donors (Lipinski definition) is 1. The van der Waals surface area contributed by atoms with E-state index >= 15 is 0 Å². The van der Waals surface area contributed by atoms with E-state index in [1.54, 1.807) is 18.4 Å². The van der Waals surface area contributed by atoms with Gasteiger partial charge in [0.1, 0.15) is 12.1 Å². The molecule has 0 unspecified atom stereocenters. The van der Waals surface area contributed by atoms with Crippen LogP contribution in [-0.4, -0.2) is 42.0 Å². The standard InChI is InChI=1S/C21H27FN4O/c1-2-23-20(26-13-11-21(15-26)9-3-10-21)24-12-8-18-14-27-19(25-18)16-4-6-17(22)7-5-16/h4-7,14H,2-3,8-13,15H2,1H3,(H,23,24). The van der Waals surface area contributed by atoms with Crippen molar-refractivity contribution in [1.82, 2.24) is 15.2 Å². The highest BCUT2D eigenvalue weighted by molar-refractivity contribution is 5.80. The van der Waals surface area contributed by atoms with Gasteiger partial charge in [-0.05, 0) is 55.9 Å². The van der Waals surface area contributed by atoms with Crippen LogP contribution in [-0.2, 0) is 6.42 Å². The summed E-state index contributed by atoms with van der Waals surface area (Å²) in [7, 11) is 0. The average molecular weight is 370 g/mol. The highest BCUT2D eigenvalue weighted by atomic mass is 19.1. The number of guanidine groups is 1. The first-order chi connectivity index (χ1) is 13.2. The minimum Gasteiger partial charge on any atom is -0.444 e. The summed E-state index contributed by atoms with van der Waals surface area (Å²) in [4.78, 5) is 11.7. The lowest BCUT2D eigenvalue weighted by Gasteiger charge is -2.38. The molecule has 1 saturated carbocycles. The number of aliphatic imine (C=N–C) groups is 1. The lowest BCUT2D eigenvalue weighted by Crippen LogP contribution is -2.42. The molecule has 1 aromatic heterocycles. The zero-order chi connectivity index (χ0) is 18.7. The lowest BCUT2D eigenvalue weighted by atomic mass is 9.68. The topological polar surface area (TPSA) is 53.7 Å². The van der Waals surface area contributed by atoms with Gasteiger partial charge in [-0.1, -0.05) is 6.42 Å². The van der Waals surface area contributed by atoms with Gasteiger partial charge in [-0.3, -0.25) is 4.99 Å². The number of likely N-dealkylation sites (tertiary alicyclic amines) is 1. The minimum absolute atomic E-state index is 0.263. The molecule has 1 aliphatic carbocycles. The third-order valence-electron chi connectivity index (χ3n) is 5.76. The van der Waals surface area contributed by atoms with Crippen molar-refractivity contribution in [3.8, 4) is 11.5 Å². The average Bonchev–Trinajstić information content (AvgIpc) is 3.29. The minimum atomic E-state index is -0.263. The molecule has 1 spiro atoms. The quantitative estimate of drug-likeness (QED) is 0.641. The van der Waals surface area contributed by atoms with Crippen molar-refractivity contribution in [1.29, 1.82) is 0 Å². The van der Waals surface area contributed by atoms with E-state index in [0.717, 1.165) is 43.3 Å². The Balaban J connectivity index is 1.36. The highest BCUT2D eigenvalue weighted by Crippen LogP contribution is 2.47. The van der Waals surface area contributed by atoms with Crippen LogP contribution < -0.4 is 5.32 Å². The number of aromatic nitrogens is 1. The van der Waals surface area contributed by atoms with E-state index in [1.807, 2.05) is 0 Å². The van der Waals surface area contributed by atoms with Crippen molar-refractivity contribution in [3.05, 3.63) is 42.0 Å². The summed E-state index contributed by atoms with van der Waals surface area (Å²) in [6, 6.07) is 6.18. The van der Waals surface area contributed by atoms with Gasteiger partial charge in [0.2, 0.25) is 5.89 Å². The molecule has 1 saturated heterocycles. The first-order valence-corrected chi connectivity index (χ1v) is 9.91. The van der Waals surface area contributed by atoms with E-state index in [1.165, 1.54) is 37.8 Å². The SMILES string of the molecule is CCNC(=NCCc1coc(-c2ccc(F)cc2)n1)N1CCC2(CCC2)C1. The molecule has 2 heterocycles. The molecular weight excluding hydrogens is 343 g/mol. The molecule has 2 fully saturated rings. The fourth-order valence-electron chi connectivity index (χ4n) is 4.05. The Hall–Kier alpha value is -2.37. The van der Waals surface area contributed by atoms with Crippen molar-refractivity contribution < 1.29 is 8.81 Å². The van der Waals surface area contributed by atoms with E-state index in [0.29, 0.717) is 17.9 Å². The summed E-state index contributed by atoms with van der Waals surface area (Å²) < 4.78 is 18.6. The Morgan fingerprint density at radius 2 is 2.11 bits per heavy atom. The second kappa shape index (κ2) is 7.71. The Bertz CT molecular complexity index is 795. The van der Waals surface area contributed by atoms with Gasteiger partial charge in [0.15, 0.2) is 5.96 Å². The van der Waals surface area contributed by atoms with E-state index in [4.69, 9.17) is 9.41 Å². The monoisotopic (exact) mass is 370 g/mol. The molecule has 4 rings (SSSR count). The molecule has 6 heteroatoms. The predicted molar refractivity (Wildman–Crippen MR) is 104 cm³/mol.